The molecule has 3 atom stereocenters. The van der Waals surface area contributed by atoms with E-state index in [-0.39, 0.29) is 28.8 Å². The third-order valence-corrected chi connectivity index (χ3v) is 5.11. The normalized spacial score (nSPS) is 22.9. The molecule has 0 aliphatic heterocycles. The minimum Gasteiger partial charge on any atom is -0.452 e. The lowest BCUT2D eigenvalue weighted by Crippen LogP contribution is -2.45. The summed E-state index contributed by atoms with van der Waals surface area (Å²) in [7, 11) is 0. The number of nitro benzene ring substituents is 1. The maximum Gasteiger partial charge on any atom is 0.339 e. The molecule has 0 unspecified atom stereocenters. The fraction of sp³-hybridized carbons (Fsp3) is 0.556. The minimum atomic E-state index is -0.735. The van der Waals surface area contributed by atoms with Gasteiger partial charge in [0.05, 0.1) is 10.5 Å². The first-order valence-electron chi connectivity index (χ1n) is 8.51. The molecule has 1 saturated carbocycles. The molecule has 1 aromatic rings. The van der Waals surface area contributed by atoms with Crippen LogP contribution in [0.3, 0.4) is 0 Å². The third-order valence-electron chi connectivity index (χ3n) is 5.11. The molecule has 7 heteroatoms. The van der Waals surface area contributed by atoms with Gasteiger partial charge < -0.3 is 10.1 Å². The van der Waals surface area contributed by atoms with Crippen LogP contribution in [0, 0.1) is 28.9 Å². The van der Waals surface area contributed by atoms with E-state index >= 15 is 0 Å². The third kappa shape index (κ3) is 4.55. The van der Waals surface area contributed by atoms with Crippen molar-refractivity contribution in [1.82, 2.24) is 5.32 Å². The van der Waals surface area contributed by atoms with Gasteiger partial charge in [-0.2, -0.15) is 0 Å². The Bertz CT molecular complexity index is 673. The van der Waals surface area contributed by atoms with Crippen LogP contribution in [0.4, 0.5) is 5.69 Å². The molecule has 1 aromatic carbocycles. The van der Waals surface area contributed by atoms with Crippen molar-refractivity contribution < 1.29 is 19.2 Å². The van der Waals surface area contributed by atoms with Gasteiger partial charge in [-0.05, 0) is 31.2 Å². The monoisotopic (exact) mass is 348 g/mol. The van der Waals surface area contributed by atoms with Crippen molar-refractivity contribution in [2.24, 2.45) is 11.8 Å². The Kier molecular flexibility index (Phi) is 6.12. The van der Waals surface area contributed by atoms with Crippen molar-refractivity contribution in [1.29, 1.82) is 0 Å². The van der Waals surface area contributed by atoms with Crippen LogP contribution in [0.2, 0.25) is 0 Å². The van der Waals surface area contributed by atoms with E-state index in [0.717, 1.165) is 19.3 Å². The minimum absolute atomic E-state index is 0.0921. The molecule has 1 aliphatic rings. The molecule has 0 radical (unpaired) electrons. The van der Waals surface area contributed by atoms with Crippen LogP contribution in [0.25, 0.3) is 0 Å². The number of carbonyl (C=O) groups excluding carboxylic acids is 2. The van der Waals surface area contributed by atoms with Crippen molar-refractivity contribution in [3.63, 3.8) is 0 Å². The number of hydrogen-bond acceptors (Lipinski definition) is 5. The van der Waals surface area contributed by atoms with E-state index in [2.05, 4.69) is 19.2 Å². The van der Waals surface area contributed by atoms with Crippen molar-refractivity contribution >= 4 is 17.6 Å². The van der Waals surface area contributed by atoms with Gasteiger partial charge in [-0.15, -0.1) is 0 Å². The lowest BCUT2D eigenvalue weighted by atomic mass is 9.78. The molecule has 0 spiro atoms. The second kappa shape index (κ2) is 8.09. The SMILES string of the molecule is Cc1c(C(=O)OCC(=O)N[C@H]2CCC[C@H](C)[C@@H]2C)cccc1[N+](=O)[O-]. The van der Waals surface area contributed by atoms with Crippen LogP contribution < -0.4 is 5.32 Å². The molecule has 1 amide bonds. The lowest BCUT2D eigenvalue weighted by Gasteiger charge is -2.34. The summed E-state index contributed by atoms with van der Waals surface area (Å²) in [4.78, 5) is 34.6. The van der Waals surface area contributed by atoms with Gasteiger partial charge in [0, 0.05) is 17.7 Å². The molecule has 25 heavy (non-hydrogen) atoms. The second-order valence-electron chi connectivity index (χ2n) is 6.72. The van der Waals surface area contributed by atoms with E-state index in [4.69, 9.17) is 4.74 Å². The van der Waals surface area contributed by atoms with Crippen molar-refractivity contribution in [3.8, 4) is 0 Å². The fourth-order valence-electron chi connectivity index (χ4n) is 3.29. The van der Waals surface area contributed by atoms with Gasteiger partial charge >= 0.3 is 5.97 Å². The Labute approximate surface area is 146 Å². The first-order valence-corrected chi connectivity index (χ1v) is 8.51. The average molecular weight is 348 g/mol. The number of amides is 1. The highest BCUT2D eigenvalue weighted by Crippen LogP contribution is 2.29. The zero-order valence-electron chi connectivity index (χ0n) is 14.8. The van der Waals surface area contributed by atoms with Crippen LogP contribution in [0.15, 0.2) is 18.2 Å². The molecule has 0 bridgehead atoms. The molecule has 2 rings (SSSR count). The van der Waals surface area contributed by atoms with Gasteiger partial charge in [0.1, 0.15) is 0 Å². The van der Waals surface area contributed by atoms with Crippen LogP contribution >= 0.6 is 0 Å². The Balaban J connectivity index is 1.93. The number of nitrogens with one attached hydrogen (secondary N) is 1. The van der Waals surface area contributed by atoms with Crippen LogP contribution in [0.1, 0.15) is 49.0 Å². The molecule has 0 saturated heterocycles. The smallest absolute Gasteiger partial charge is 0.339 e. The quantitative estimate of drug-likeness (QED) is 0.501. The molecule has 7 nitrogen and oxygen atoms in total. The molecule has 1 aliphatic carbocycles. The zero-order chi connectivity index (χ0) is 18.6. The molecule has 0 heterocycles. The highest BCUT2D eigenvalue weighted by atomic mass is 16.6. The van der Waals surface area contributed by atoms with Crippen molar-refractivity contribution in [3.05, 3.63) is 39.4 Å². The molecule has 136 valence electrons. The van der Waals surface area contributed by atoms with Crippen molar-refractivity contribution in [2.75, 3.05) is 6.61 Å². The van der Waals surface area contributed by atoms with Gasteiger partial charge in [-0.25, -0.2) is 4.79 Å². The maximum absolute atomic E-state index is 12.1. The summed E-state index contributed by atoms with van der Waals surface area (Å²) in [5.41, 5.74) is 0.179. The Morgan fingerprint density at radius 1 is 1.32 bits per heavy atom. The Morgan fingerprint density at radius 2 is 2.04 bits per heavy atom. The van der Waals surface area contributed by atoms with E-state index in [1.54, 1.807) is 0 Å². The van der Waals surface area contributed by atoms with E-state index in [1.807, 2.05) is 0 Å². The Hall–Kier alpha value is -2.44. The summed E-state index contributed by atoms with van der Waals surface area (Å²) in [6.45, 7) is 5.39. The van der Waals surface area contributed by atoms with E-state index < -0.39 is 17.5 Å². The number of nitro groups is 1. The molecular weight excluding hydrogens is 324 g/mol. The maximum atomic E-state index is 12.1. The van der Waals surface area contributed by atoms with Gasteiger partial charge in [0.15, 0.2) is 6.61 Å². The molecule has 1 N–H and O–H groups in total. The average Bonchev–Trinajstić information content (AvgIpc) is 2.57. The number of ether oxygens (including phenoxy) is 1. The summed E-state index contributed by atoms with van der Waals surface area (Å²) in [6, 6.07) is 4.29. The highest BCUT2D eigenvalue weighted by molar-refractivity contribution is 5.93. The van der Waals surface area contributed by atoms with Crippen molar-refractivity contribution in [2.45, 2.75) is 46.1 Å². The zero-order valence-corrected chi connectivity index (χ0v) is 14.8. The van der Waals surface area contributed by atoms with Crippen LogP contribution in [0.5, 0.6) is 0 Å². The Morgan fingerprint density at radius 3 is 2.72 bits per heavy atom. The summed E-state index contributed by atoms with van der Waals surface area (Å²) in [6.07, 6.45) is 3.16. The van der Waals surface area contributed by atoms with E-state index in [0.29, 0.717) is 11.8 Å². The van der Waals surface area contributed by atoms with Crippen LogP contribution in [-0.2, 0) is 9.53 Å². The number of nitrogens with zero attached hydrogens (tertiary/aromatic N) is 1. The first kappa shape index (κ1) is 18.9. The van der Waals surface area contributed by atoms with Gasteiger partial charge in [0.2, 0.25) is 0 Å². The summed E-state index contributed by atoms with van der Waals surface area (Å²) in [5.74, 6) is -0.148. The fourth-order valence-corrected chi connectivity index (χ4v) is 3.29. The van der Waals surface area contributed by atoms with Crippen LogP contribution in [-0.4, -0.2) is 29.4 Å². The topological polar surface area (TPSA) is 98.5 Å². The second-order valence-corrected chi connectivity index (χ2v) is 6.72. The summed E-state index contributed by atoms with van der Waals surface area (Å²) in [5, 5.41) is 13.9. The largest absolute Gasteiger partial charge is 0.452 e. The first-order chi connectivity index (χ1) is 11.8. The number of rotatable bonds is 5. The number of benzene rings is 1. The highest BCUT2D eigenvalue weighted by Gasteiger charge is 2.28. The molecule has 1 fully saturated rings. The lowest BCUT2D eigenvalue weighted by molar-refractivity contribution is -0.385. The predicted molar refractivity (Wildman–Crippen MR) is 92.2 cm³/mol. The van der Waals surface area contributed by atoms with E-state index in [1.165, 1.54) is 25.1 Å². The number of hydrogen-bond donors (Lipinski definition) is 1. The van der Waals surface area contributed by atoms with Gasteiger partial charge in [0.25, 0.3) is 11.6 Å². The van der Waals surface area contributed by atoms with E-state index in [9.17, 15) is 19.7 Å². The summed E-state index contributed by atoms with van der Waals surface area (Å²) >= 11 is 0. The molecular formula is C18H24N2O5. The van der Waals surface area contributed by atoms with Gasteiger partial charge in [-0.3, -0.25) is 14.9 Å². The summed E-state index contributed by atoms with van der Waals surface area (Å²) < 4.78 is 5.04. The molecule has 0 aromatic heterocycles. The standard InChI is InChI=1S/C18H24N2O5/c1-11-6-4-8-15(12(11)2)19-17(21)10-25-18(22)14-7-5-9-16(13(14)3)20(23)24/h5,7,9,11-12,15H,4,6,8,10H2,1-3H3,(H,19,21)/t11-,12-,15-/m0/s1. The van der Waals surface area contributed by atoms with Gasteiger partial charge in [-0.1, -0.05) is 32.8 Å². The predicted octanol–water partition coefficient (Wildman–Crippen LogP) is 3.00. The number of esters is 1. The number of carbonyl (C=O) groups is 2.